The Labute approximate surface area is 106 Å². The Morgan fingerprint density at radius 3 is 2.72 bits per heavy atom. The highest BCUT2D eigenvalue weighted by Crippen LogP contribution is 2.15. The number of amides is 1. The Morgan fingerprint density at radius 1 is 1.56 bits per heavy atom. The lowest BCUT2D eigenvalue weighted by Gasteiger charge is -2.20. The molecule has 0 aliphatic rings. The molecule has 0 saturated carbocycles. The number of hydrogen-bond acceptors (Lipinski definition) is 4. The molecule has 0 aliphatic heterocycles. The fourth-order valence-corrected chi connectivity index (χ4v) is 1.71. The zero-order valence-electron chi connectivity index (χ0n) is 10.8. The highest BCUT2D eigenvalue weighted by molar-refractivity contribution is 5.95. The molecular weight excluding hydrogens is 235 g/mol. The number of nitrogen functional groups attached to an aromatic ring is 1. The fourth-order valence-electron chi connectivity index (χ4n) is 1.71. The number of halogens is 1. The Bertz CT molecular complexity index is 423. The van der Waals surface area contributed by atoms with Gasteiger partial charge in [0, 0.05) is 12.2 Å². The van der Waals surface area contributed by atoms with Crippen LogP contribution in [0.1, 0.15) is 37.6 Å². The second kappa shape index (κ2) is 6.30. The molecule has 0 radical (unpaired) electrons. The van der Waals surface area contributed by atoms with Crippen LogP contribution in [0.5, 0.6) is 0 Å². The lowest BCUT2D eigenvalue weighted by Crippen LogP contribution is -2.38. The maximum atomic E-state index is 13.8. The van der Waals surface area contributed by atoms with E-state index in [0.717, 1.165) is 6.42 Å². The van der Waals surface area contributed by atoms with E-state index in [9.17, 15) is 9.18 Å². The van der Waals surface area contributed by atoms with Crippen LogP contribution in [0.3, 0.4) is 0 Å². The summed E-state index contributed by atoms with van der Waals surface area (Å²) in [7, 11) is 0. The smallest absolute Gasteiger partial charge is 0.254 e. The molecule has 100 valence electrons. The Morgan fingerprint density at radius 2 is 2.22 bits per heavy atom. The van der Waals surface area contributed by atoms with Crippen molar-refractivity contribution >= 4 is 11.7 Å². The van der Waals surface area contributed by atoms with Crippen LogP contribution in [0.25, 0.3) is 0 Å². The lowest BCUT2D eigenvalue weighted by molar-refractivity contribution is 0.0920. The normalized spacial score (nSPS) is 12.3. The molecule has 1 rings (SSSR count). The molecule has 1 amide bonds. The van der Waals surface area contributed by atoms with Crippen LogP contribution in [0, 0.1) is 11.7 Å². The SMILES string of the molecule is CCC(NC(=O)c1ccnc(NN)c1F)C(C)C. The number of carbonyl (C=O) groups excluding carboxylic acids is 1. The molecule has 1 aromatic heterocycles. The number of hydrogen-bond donors (Lipinski definition) is 3. The van der Waals surface area contributed by atoms with E-state index in [-0.39, 0.29) is 23.3 Å². The summed E-state index contributed by atoms with van der Waals surface area (Å²) in [5.41, 5.74) is 2.06. The van der Waals surface area contributed by atoms with Gasteiger partial charge in [-0.15, -0.1) is 0 Å². The van der Waals surface area contributed by atoms with Gasteiger partial charge in [-0.25, -0.2) is 15.2 Å². The number of pyridine rings is 1. The van der Waals surface area contributed by atoms with Crippen LogP contribution in [-0.2, 0) is 0 Å². The Hall–Kier alpha value is -1.69. The van der Waals surface area contributed by atoms with Gasteiger partial charge in [0.15, 0.2) is 11.6 Å². The average molecular weight is 254 g/mol. The molecule has 1 atom stereocenters. The second-order valence-corrected chi connectivity index (χ2v) is 4.40. The van der Waals surface area contributed by atoms with Gasteiger partial charge in [-0.05, 0) is 18.4 Å². The number of hydrazine groups is 1. The first-order valence-corrected chi connectivity index (χ1v) is 5.93. The summed E-state index contributed by atoms with van der Waals surface area (Å²) in [5, 5.41) is 2.80. The van der Waals surface area contributed by atoms with Gasteiger partial charge in [-0.2, -0.15) is 0 Å². The summed E-state index contributed by atoms with van der Waals surface area (Å²) in [4.78, 5) is 15.6. The maximum absolute atomic E-state index is 13.8. The van der Waals surface area contributed by atoms with Crippen LogP contribution in [-0.4, -0.2) is 16.9 Å². The Balaban J connectivity index is 2.91. The minimum absolute atomic E-state index is 0.0133. The first-order valence-electron chi connectivity index (χ1n) is 5.93. The first kappa shape index (κ1) is 14.4. The summed E-state index contributed by atoms with van der Waals surface area (Å²) in [6.07, 6.45) is 2.13. The van der Waals surface area contributed by atoms with Crippen molar-refractivity contribution in [2.45, 2.75) is 33.2 Å². The molecule has 5 nitrogen and oxygen atoms in total. The number of nitrogens with zero attached hydrogens (tertiary/aromatic N) is 1. The number of nitrogens with one attached hydrogen (secondary N) is 2. The number of rotatable bonds is 5. The van der Waals surface area contributed by atoms with Crippen molar-refractivity contribution in [3.8, 4) is 0 Å². The van der Waals surface area contributed by atoms with Crippen LogP contribution >= 0.6 is 0 Å². The highest BCUT2D eigenvalue weighted by Gasteiger charge is 2.19. The molecule has 0 fully saturated rings. The average Bonchev–Trinajstić information content (AvgIpc) is 2.35. The predicted octanol–water partition coefficient (Wildman–Crippen LogP) is 1.67. The minimum Gasteiger partial charge on any atom is -0.349 e. The maximum Gasteiger partial charge on any atom is 0.254 e. The van der Waals surface area contributed by atoms with E-state index in [1.807, 2.05) is 20.8 Å². The molecule has 0 saturated heterocycles. The molecule has 1 heterocycles. The molecule has 0 bridgehead atoms. The van der Waals surface area contributed by atoms with Crippen molar-refractivity contribution in [3.63, 3.8) is 0 Å². The van der Waals surface area contributed by atoms with Crippen molar-refractivity contribution in [1.82, 2.24) is 10.3 Å². The van der Waals surface area contributed by atoms with Gasteiger partial charge in [-0.1, -0.05) is 20.8 Å². The third-order valence-electron chi connectivity index (χ3n) is 2.83. The third kappa shape index (κ3) is 3.16. The summed E-state index contributed by atoms with van der Waals surface area (Å²) in [6, 6.07) is 1.35. The van der Waals surface area contributed by atoms with Gasteiger partial charge in [0.05, 0.1) is 5.56 Å². The fraction of sp³-hybridized carbons (Fsp3) is 0.500. The van der Waals surface area contributed by atoms with E-state index in [0.29, 0.717) is 0 Å². The number of anilines is 1. The van der Waals surface area contributed by atoms with E-state index in [2.05, 4.69) is 15.7 Å². The quantitative estimate of drug-likeness (QED) is 0.551. The monoisotopic (exact) mass is 254 g/mol. The van der Waals surface area contributed by atoms with Crippen LogP contribution in [0.15, 0.2) is 12.3 Å². The van der Waals surface area contributed by atoms with E-state index in [1.165, 1.54) is 12.3 Å². The molecule has 1 unspecified atom stereocenters. The van der Waals surface area contributed by atoms with Crippen molar-refractivity contribution in [3.05, 3.63) is 23.6 Å². The summed E-state index contributed by atoms with van der Waals surface area (Å²) >= 11 is 0. The molecule has 6 heteroatoms. The van der Waals surface area contributed by atoms with E-state index in [1.54, 1.807) is 0 Å². The Kier molecular flexibility index (Phi) is 5.03. The predicted molar refractivity (Wildman–Crippen MR) is 68.4 cm³/mol. The van der Waals surface area contributed by atoms with Gasteiger partial charge < -0.3 is 10.7 Å². The summed E-state index contributed by atoms with van der Waals surface area (Å²) in [5.74, 6) is 4.07. The van der Waals surface area contributed by atoms with Gasteiger partial charge in [-0.3, -0.25) is 4.79 Å². The molecular formula is C12H19FN4O. The van der Waals surface area contributed by atoms with Gasteiger partial charge in [0.2, 0.25) is 0 Å². The summed E-state index contributed by atoms with van der Waals surface area (Å²) < 4.78 is 13.8. The van der Waals surface area contributed by atoms with Crippen molar-refractivity contribution in [2.75, 3.05) is 5.43 Å². The van der Waals surface area contributed by atoms with E-state index < -0.39 is 11.7 Å². The van der Waals surface area contributed by atoms with Crippen molar-refractivity contribution in [2.24, 2.45) is 11.8 Å². The van der Waals surface area contributed by atoms with E-state index >= 15 is 0 Å². The van der Waals surface area contributed by atoms with Crippen molar-refractivity contribution in [1.29, 1.82) is 0 Å². The van der Waals surface area contributed by atoms with Gasteiger partial charge >= 0.3 is 0 Å². The third-order valence-corrected chi connectivity index (χ3v) is 2.83. The number of carbonyl (C=O) groups is 1. The number of aromatic nitrogens is 1. The van der Waals surface area contributed by atoms with E-state index in [4.69, 9.17) is 5.84 Å². The zero-order valence-corrected chi connectivity index (χ0v) is 10.8. The molecule has 1 aromatic rings. The molecule has 18 heavy (non-hydrogen) atoms. The minimum atomic E-state index is -0.740. The summed E-state index contributed by atoms with van der Waals surface area (Å²) in [6.45, 7) is 5.98. The van der Waals surface area contributed by atoms with Crippen LogP contribution < -0.4 is 16.6 Å². The first-order chi connectivity index (χ1) is 8.51. The molecule has 0 spiro atoms. The highest BCUT2D eigenvalue weighted by atomic mass is 19.1. The van der Waals surface area contributed by atoms with Crippen molar-refractivity contribution < 1.29 is 9.18 Å². The standard InChI is InChI=1S/C12H19FN4O/c1-4-9(7(2)3)16-12(18)8-5-6-15-11(17-14)10(8)13/h5-7,9H,4,14H2,1-3H3,(H,15,17)(H,16,18). The van der Waals surface area contributed by atoms with Crippen LogP contribution in [0.2, 0.25) is 0 Å². The second-order valence-electron chi connectivity index (χ2n) is 4.40. The zero-order chi connectivity index (χ0) is 13.7. The molecule has 0 aliphatic carbocycles. The molecule has 4 N–H and O–H groups in total. The number of nitrogens with two attached hydrogens (primary N) is 1. The van der Waals surface area contributed by atoms with Gasteiger partial charge in [0.1, 0.15) is 0 Å². The van der Waals surface area contributed by atoms with Crippen LogP contribution in [0.4, 0.5) is 10.2 Å². The lowest BCUT2D eigenvalue weighted by atomic mass is 10.0. The largest absolute Gasteiger partial charge is 0.349 e. The molecule has 0 aromatic carbocycles. The van der Waals surface area contributed by atoms with Gasteiger partial charge in [0.25, 0.3) is 5.91 Å². The topological polar surface area (TPSA) is 80.0 Å².